The second kappa shape index (κ2) is 9.49. The number of benzene rings is 1. The van der Waals surface area contributed by atoms with Crippen molar-refractivity contribution in [3.63, 3.8) is 0 Å². The molecule has 1 unspecified atom stereocenters. The van der Waals surface area contributed by atoms with E-state index in [1.54, 1.807) is 11.9 Å². The van der Waals surface area contributed by atoms with Gasteiger partial charge in [0.1, 0.15) is 12.2 Å². The van der Waals surface area contributed by atoms with Crippen LogP contribution in [0.15, 0.2) is 30.3 Å². The van der Waals surface area contributed by atoms with Crippen LogP contribution in [0.5, 0.6) is 0 Å². The zero-order valence-electron chi connectivity index (χ0n) is 19.7. The summed E-state index contributed by atoms with van der Waals surface area (Å²) in [7, 11) is 1.73. The zero-order valence-corrected chi connectivity index (χ0v) is 19.7. The minimum Gasteiger partial charge on any atom is -0.445 e. The lowest BCUT2D eigenvalue weighted by Crippen LogP contribution is -2.61. The maximum Gasteiger partial charge on any atom is 0.410 e. The van der Waals surface area contributed by atoms with Crippen LogP contribution in [0.2, 0.25) is 0 Å². The van der Waals surface area contributed by atoms with Gasteiger partial charge in [0, 0.05) is 19.1 Å². The van der Waals surface area contributed by atoms with Crippen LogP contribution in [0.3, 0.4) is 0 Å². The maximum atomic E-state index is 13.4. The number of amides is 2. The molecule has 172 valence electrons. The van der Waals surface area contributed by atoms with Crippen molar-refractivity contribution >= 4 is 12.2 Å². The van der Waals surface area contributed by atoms with Gasteiger partial charge in [0.2, 0.25) is 0 Å². The Hall–Kier alpha value is -2.24. The molecule has 31 heavy (non-hydrogen) atoms. The summed E-state index contributed by atoms with van der Waals surface area (Å²) in [6.45, 7) is 8.24. The molecule has 3 saturated carbocycles. The molecule has 3 fully saturated rings. The number of carbonyl (C=O) groups is 2. The van der Waals surface area contributed by atoms with Gasteiger partial charge in [-0.1, -0.05) is 30.3 Å². The van der Waals surface area contributed by atoms with Crippen LogP contribution >= 0.6 is 0 Å². The third-order valence-electron chi connectivity index (χ3n) is 6.65. The summed E-state index contributed by atoms with van der Waals surface area (Å²) in [5, 5.41) is 0. The van der Waals surface area contributed by atoms with Gasteiger partial charge in [0.15, 0.2) is 0 Å². The summed E-state index contributed by atoms with van der Waals surface area (Å²) in [5.74, 6) is 0.795. The van der Waals surface area contributed by atoms with E-state index in [2.05, 4.69) is 0 Å². The van der Waals surface area contributed by atoms with Crippen molar-refractivity contribution in [2.45, 2.75) is 90.0 Å². The normalized spacial score (nSPS) is 23.7. The number of rotatable bonds is 6. The van der Waals surface area contributed by atoms with Gasteiger partial charge in [-0.2, -0.15) is 0 Å². The van der Waals surface area contributed by atoms with Gasteiger partial charge in [-0.05, 0) is 77.7 Å². The van der Waals surface area contributed by atoms with Gasteiger partial charge in [-0.25, -0.2) is 9.59 Å². The molecule has 3 aliphatic carbocycles. The number of hydrogen-bond acceptors (Lipinski definition) is 4. The fraction of sp³-hybridized carbons (Fsp3) is 0.680. The molecule has 1 aromatic rings. The Balaban J connectivity index is 1.73. The van der Waals surface area contributed by atoms with Gasteiger partial charge >= 0.3 is 12.2 Å². The molecule has 1 aromatic carbocycles. The Morgan fingerprint density at radius 1 is 1.06 bits per heavy atom. The quantitative estimate of drug-likeness (QED) is 0.589. The molecule has 2 bridgehead atoms. The second-order valence-corrected chi connectivity index (χ2v) is 10.3. The van der Waals surface area contributed by atoms with Crippen LogP contribution in [0.4, 0.5) is 9.59 Å². The lowest BCUT2D eigenvalue weighted by atomic mass is 9.64. The summed E-state index contributed by atoms with van der Waals surface area (Å²) in [4.78, 5) is 29.4. The van der Waals surface area contributed by atoms with E-state index in [1.165, 1.54) is 0 Å². The Labute approximate surface area is 186 Å². The first-order chi connectivity index (χ1) is 14.6. The average molecular weight is 431 g/mol. The Kier molecular flexibility index (Phi) is 7.17. The van der Waals surface area contributed by atoms with Crippen LogP contribution in [-0.2, 0) is 16.1 Å². The molecular weight excluding hydrogens is 392 g/mol. The third kappa shape index (κ3) is 5.92. The molecule has 0 spiro atoms. The second-order valence-electron chi connectivity index (χ2n) is 10.3. The van der Waals surface area contributed by atoms with Gasteiger partial charge in [0.05, 0.1) is 6.04 Å². The first-order valence-electron chi connectivity index (χ1n) is 11.5. The van der Waals surface area contributed by atoms with Crippen molar-refractivity contribution in [1.82, 2.24) is 9.80 Å². The van der Waals surface area contributed by atoms with Crippen molar-refractivity contribution in [3.05, 3.63) is 35.9 Å². The predicted molar refractivity (Wildman–Crippen MR) is 121 cm³/mol. The Morgan fingerprint density at radius 3 is 2.19 bits per heavy atom. The number of hydrogen-bond donors (Lipinski definition) is 0. The van der Waals surface area contributed by atoms with Crippen LogP contribution in [0, 0.1) is 5.92 Å². The fourth-order valence-electron chi connectivity index (χ4n) is 5.11. The average Bonchev–Trinajstić information content (AvgIpc) is 2.73. The van der Waals surface area contributed by atoms with Gasteiger partial charge in [0.25, 0.3) is 0 Å². The topological polar surface area (TPSA) is 59.1 Å². The van der Waals surface area contributed by atoms with Gasteiger partial charge in [-0.3, -0.25) is 4.90 Å². The number of carbonyl (C=O) groups excluding carboxylic acids is 2. The molecule has 0 aliphatic heterocycles. The number of nitrogens with zero attached hydrogens (tertiary/aromatic N) is 2. The molecule has 2 amide bonds. The van der Waals surface area contributed by atoms with Crippen molar-refractivity contribution in [2.75, 3.05) is 13.6 Å². The van der Waals surface area contributed by atoms with Crippen molar-refractivity contribution in [2.24, 2.45) is 5.92 Å². The molecular formula is C25H38N2O4. The predicted octanol–water partition coefficient (Wildman–Crippen LogP) is 5.60. The highest BCUT2D eigenvalue weighted by Gasteiger charge is 2.48. The smallest absolute Gasteiger partial charge is 0.410 e. The van der Waals surface area contributed by atoms with E-state index in [9.17, 15) is 9.59 Å². The van der Waals surface area contributed by atoms with E-state index in [-0.39, 0.29) is 30.4 Å². The molecule has 3 aliphatic rings. The van der Waals surface area contributed by atoms with E-state index in [0.717, 1.165) is 50.0 Å². The van der Waals surface area contributed by atoms with Gasteiger partial charge < -0.3 is 14.4 Å². The summed E-state index contributed by atoms with van der Waals surface area (Å²) < 4.78 is 11.3. The third-order valence-corrected chi connectivity index (χ3v) is 6.65. The molecule has 1 atom stereocenters. The van der Waals surface area contributed by atoms with E-state index < -0.39 is 5.60 Å². The molecule has 6 nitrogen and oxygen atoms in total. The van der Waals surface area contributed by atoms with Crippen LogP contribution in [-0.4, -0.2) is 52.8 Å². The zero-order chi connectivity index (χ0) is 22.6. The SMILES string of the molecule is CC(CN(C)C(=O)OC(C)(C)C)N(C(=O)OCc1ccccc1)C12CCC(CC1)CC2. The van der Waals surface area contributed by atoms with Crippen molar-refractivity contribution in [3.8, 4) is 0 Å². The lowest BCUT2D eigenvalue weighted by Gasteiger charge is -2.54. The van der Waals surface area contributed by atoms with E-state index in [1.807, 2.05) is 62.9 Å². The molecule has 4 rings (SSSR count). The Morgan fingerprint density at radius 2 is 1.65 bits per heavy atom. The summed E-state index contributed by atoms with van der Waals surface area (Å²) in [6.07, 6.45) is 5.87. The highest BCUT2D eigenvalue weighted by Crippen LogP contribution is 2.48. The summed E-state index contributed by atoms with van der Waals surface area (Å²) in [6, 6.07) is 9.59. The number of fused-ring (bicyclic) bond motifs is 3. The highest BCUT2D eigenvalue weighted by molar-refractivity contribution is 5.70. The summed E-state index contributed by atoms with van der Waals surface area (Å²) in [5.41, 5.74) is 0.249. The Bertz CT molecular complexity index is 737. The van der Waals surface area contributed by atoms with Crippen LogP contribution in [0.25, 0.3) is 0 Å². The van der Waals surface area contributed by atoms with E-state index in [0.29, 0.717) is 6.54 Å². The minimum absolute atomic E-state index is 0.170. The standard InChI is InChI=1S/C25H38N2O4/c1-19(17-26(5)22(28)31-24(2,3)4)27(25-14-11-20(12-15-25)13-16-25)23(29)30-18-21-9-7-6-8-10-21/h6-10,19-20H,11-18H2,1-5H3. The highest BCUT2D eigenvalue weighted by atomic mass is 16.6. The largest absolute Gasteiger partial charge is 0.445 e. The molecule has 0 radical (unpaired) electrons. The van der Waals surface area contributed by atoms with E-state index in [4.69, 9.17) is 9.47 Å². The molecule has 0 aromatic heterocycles. The monoisotopic (exact) mass is 430 g/mol. The molecule has 0 heterocycles. The van der Waals surface area contributed by atoms with Crippen LogP contribution in [0.1, 0.15) is 71.8 Å². The minimum atomic E-state index is -0.552. The van der Waals surface area contributed by atoms with E-state index >= 15 is 0 Å². The summed E-state index contributed by atoms with van der Waals surface area (Å²) >= 11 is 0. The maximum absolute atomic E-state index is 13.4. The van der Waals surface area contributed by atoms with Crippen molar-refractivity contribution in [1.29, 1.82) is 0 Å². The van der Waals surface area contributed by atoms with Crippen LogP contribution < -0.4 is 0 Å². The molecule has 0 N–H and O–H groups in total. The van der Waals surface area contributed by atoms with Crippen molar-refractivity contribution < 1.29 is 19.1 Å². The number of ether oxygens (including phenoxy) is 2. The number of likely N-dealkylation sites (N-methyl/N-ethyl adjacent to an activating group) is 1. The molecule has 6 heteroatoms. The van der Waals surface area contributed by atoms with Gasteiger partial charge in [-0.15, -0.1) is 0 Å². The lowest BCUT2D eigenvalue weighted by molar-refractivity contribution is -0.0390. The first-order valence-corrected chi connectivity index (χ1v) is 11.5. The fourth-order valence-corrected chi connectivity index (χ4v) is 5.11. The first kappa shape index (κ1) is 23.4. The molecule has 0 saturated heterocycles.